The van der Waals surface area contributed by atoms with Gasteiger partial charge in [0.05, 0.1) is 0 Å². The first-order valence-electron chi connectivity index (χ1n) is 7.88. The number of aryl methyl sites for hydroxylation is 2. The minimum absolute atomic E-state index is 0.319. The van der Waals surface area contributed by atoms with E-state index in [-0.39, 0.29) is 0 Å². The fourth-order valence-corrected chi connectivity index (χ4v) is 3.16. The second-order valence-electron chi connectivity index (χ2n) is 6.56. The zero-order chi connectivity index (χ0) is 14.9. The summed E-state index contributed by atoms with van der Waals surface area (Å²) < 4.78 is 2.22. The van der Waals surface area contributed by atoms with Crippen LogP contribution in [0.2, 0.25) is 0 Å². The third-order valence-electron chi connectivity index (χ3n) is 4.59. The van der Waals surface area contributed by atoms with Gasteiger partial charge in [0, 0.05) is 30.5 Å². The second-order valence-corrected chi connectivity index (χ2v) is 6.56. The van der Waals surface area contributed by atoms with Crippen LogP contribution in [0.25, 0.3) is 0 Å². The molecule has 3 heteroatoms. The highest BCUT2D eigenvalue weighted by atomic mass is 15.1. The largest absolute Gasteiger partial charge is 0.334 e. The van der Waals surface area contributed by atoms with E-state index in [9.17, 15) is 0 Å². The minimum Gasteiger partial charge on any atom is -0.334 e. The quantitative estimate of drug-likeness (QED) is 0.882. The fraction of sp³-hybridized carbons (Fsp3) is 0.500. The van der Waals surface area contributed by atoms with Gasteiger partial charge in [0.1, 0.15) is 5.82 Å². The van der Waals surface area contributed by atoms with E-state index >= 15 is 0 Å². The van der Waals surface area contributed by atoms with Gasteiger partial charge in [0.2, 0.25) is 0 Å². The highest BCUT2D eigenvalue weighted by Gasteiger charge is 2.43. The molecular weight excluding hydrogens is 258 g/mol. The number of hydrogen-bond acceptors (Lipinski definition) is 2. The van der Waals surface area contributed by atoms with Crippen LogP contribution < -0.4 is 5.32 Å². The number of aromatic nitrogens is 2. The summed E-state index contributed by atoms with van der Waals surface area (Å²) >= 11 is 0. The lowest BCUT2D eigenvalue weighted by Crippen LogP contribution is -2.42. The van der Waals surface area contributed by atoms with E-state index in [0.29, 0.717) is 11.6 Å². The van der Waals surface area contributed by atoms with E-state index in [4.69, 9.17) is 0 Å². The molecule has 1 aliphatic rings. The lowest BCUT2D eigenvalue weighted by Gasteiger charge is -2.24. The van der Waals surface area contributed by atoms with Crippen molar-refractivity contribution in [1.29, 1.82) is 0 Å². The molecule has 1 saturated carbocycles. The summed E-state index contributed by atoms with van der Waals surface area (Å²) in [6, 6.07) is 9.21. The monoisotopic (exact) mass is 283 g/mol. The molecule has 1 heterocycles. The SMILES string of the molecule is Cc1ccccc1CC1(N[C@H](C)Cn2ccnc2C)CC1. The van der Waals surface area contributed by atoms with Crippen LogP contribution in [0.4, 0.5) is 0 Å². The van der Waals surface area contributed by atoms with Gasteiger partial charge >= 0.3 is 0 Å². The van der Waals surface area contributed by atoms with Gasteiger partial charge in [0.25, 0.3) is 0 Å². The van der Waals surface area contributed by atoms with Crippen molar-refractivity contribution < 1.29 is 0 Å². The molecule has 3 rings (SSSR count). The van der Waals surface area contributed by atoms with E-state index in [1.54, 1.807) is 0 Å². The van der Waals surface area contributed by atoms with Crippen LogP contribution in [-0.4, -0.2) is 21.1 Å². The van der Waals surface area contributed by atoms with Gasteiger partial charge in [-0.1, -0.05) is 24.3 Å². The summed E-state index contributed by atoms with van der Waals surface area (Å²) in [7, 11) is 0. The number of nitrogens with zero attached hydrogens (tertiary/aromatic N) is 2. The van der Waals surface area contributed by atoms with Crippen molar-refractivity contribution in [3.05, 3.63) is 53.6 Å². The molecule has 21 heavy (non-hydrogen) atoms. The normalized spacial score (nSPS) is 17.7. The fourth-order valence-electron chi connectivity index (χ4n) is 3.16. The maximum absolute atomic E-state index is 4.30. The maximum Gasteiger partial charge on any atom is 0.105 e. The minimum atomic E-state index is 0.319. The zero-order valence-electron chi connectivity index (χ0n) is 13.3. The van der Waals surface area contributed by atoms with Crippen LogP contribution in [0, 0.1) is 13.8 Å². The van der Waals surface area contributed by atoms with Gasteiger partial charge in [-0.3, -0.25) is 0 Å². The molecule has 0 amide bonds. The lowest BCUT2D eigenvalue weighted by molar-refractivity contribution is 0.388. The Morgan fingerprint density at radius 3 is 2.67 bits per heavy atom. The number of nitrogens with one attached hydrogen (secondary N) is 1. The Hall–Kier alpha value is -1.61. The summed E-state index contributed by atoms with van der Waals surface area (Å²) in [5, 5.41) is 3.86. The van der Waals surface area contributed by atoms with Crippen LogP contribution >= 0.6 is 0 Å². The van der Waals surface area contributed by atoms with E-state index in [2.05, 4.69) is 66.1 Å². The molecule has 1 fully saturated rings. The summed E-state index contributed by atoms with van der Waals surface area (Å²) in [5.41, 5.74) is 3.21. The summed E-state index contributed by atoms with van der Waals surface area (Å²) in [6.45, 7) is 7.54. The molecule has 1 aromatic carbocycles. The molecule has 2 aromatic rings. The highest BCUT2D eigenvalue weighted by molar-refractivity contribution is 5.29. The summed E-state index contributed by atoms with van der Waals surface area (Å²) in [6.07, 6.45) is 7.66. The Morgan fingerprint density at radius 1 is 1.29 bits per heavy atom. The molecule has 1 atom stereocenters. The Labute approximate surface area is 127 Å². The van der Waals surface area contributed by atoms with Gasteiger partial charge in [0.15, 0.2) is 0 Å². The van der Waals surface area contributed by atoms with Crippen molar-refractivity contribution in [2.75, 3.05) is 0 Å². The molecular formula is C18H25N3. The molecule has 112 valence electrons. The number of hydrogen-bond donors (Lipinski definition) is 1. The molecule has 1 N–H and O–H groups in total. The van der Waals surface area contributed by atoms with Crippen molar-refractivity contribution >= 4 is 0 Å². The first-order valence-corrected chi connectivity index (χ1v) is 7.88. The molecule has 1 aliphatic carbocycles. The number of benzene rings is 1. The van der Waals surface area contributed by atoms with Crippen molar-refractivity contribution in [2.24, 2.45) is 0 Å². The van der Waals surface area contributed by atoms with Gasteiger partial charge in [-0.15, -0.1) is 0 Å². The molecule has 0 saturated heterocycles. The standard InChI is InChI=1S/C18H25N3/c1-14-6-4-5-7-17(14)12-18(8-9-18)20-15(2)13-21-11-10-19-16(21)3/h4-7,10-11,15,20H,8-9,12-13H2,1-3H3/t15-/m1/s1. The average molecular weight is 283 g/mol. The first-order chi connectivity index (χ1) is 10.1. The molecule has 1 aromatic heterocycles. The maximum atomic E-state index is 4.30. The smallest absolute Gasteiger partial charge is 0.105 e. The first kappa shape index (κ1) is 14.3. The topological polar surface area (TPSA) is 29.9 Å². The van der Waals surface area contributed by atoms with Gasteiger partial charge in [-0.05, 0) is 51.2 Å². The third kappa shape index (κ3) is 3.35. The average Bonchev–Trinajstić information content (AvgIpc) is 3.07. The van der Waals surface area contributed by atoms with E-state index in [1.165, 1.54) is 24.0 Å². The predicted octanol–water partition coefficient (Wildman–Crippen LogP) is 3.25. The van der Waals surface area contributed by atoms with Crippen LogP contribution in [0.3, 0.4) is 0 Å². The Bertz CT molecular complexity index is 610. The van der Waals surface area contributed by atoms with Gasteiger partial charge in [-0.2, -0.15) is 0 Å². The van der Waals surface area contributed by atoms with Crippen LogP contribution in [0.5, 0.6) is 0 Å². The van der Waals surface area contributed by atoms with Crippen molar-refractivity contribution in [2.45, 2.75) is 58.2 Å². The second kappa shape index (κ2) is 5.64. The van der Waals surface area contributed by atoms with Crippen molar-refractivity contribution in [3.8, 4) is 0 Å². The van der Waals surface area contributed by atoms with E-state index in [0.717, 1.165) is 18.8 Å². The molecule has 0 aliphatic heterocycles. The highest BCUT2D eigenvalue weighted by Crippen LogP contribution is 2.39. The molecule has 0 unspecified atom stereocenters. The molecule has 0 radical (unpaired) electrons. The van der Waals surface area contributed by atoms with Crippen molar-refractivity contribution in [1.82, 2.24) is 14.9 Å². The van der Waals surface area contributed by atoms with Gasteiger partial charge in [-0.25, -0.2) is 4.98 Å². The number of rotatable bonds is 6. The molecule has 0 bridgehead atoms. The lowest BCUT2D eigenvalue weighted by atomic mass is 9.99. The van der Waals surface area contributed by atoms with Crippen LogP contribution in [-0.2, 0) is 13.0 Å². The Kier molecular flexibility index (Phi) is 3.85. The predicted molar refractivity (Wildman–Crippen MR) is 86.4 cm³/mol. The van der Waals surface area contributed by atoms with Crippen LogP contribution in [0.15, 0.2) is 36.7 Å². The van der Waals surface area contributed by atoms with Crippen LogP contribution in [0.1, 0.15) is 36.7 Å². The summed E-state index contributed by atoms with van der Waals surface area (Å²) in [4.78, 5) is 4.30. The zero-order valence-corrected chi connectivity index (χ0v) is 13.3. The van der Waals surface area contributed by atoms with Crippen molar-refractivity contribution in [3.63, 3.8) is 0 Å². The number of imidazole rings is 1. The Morgan fingerprint density at radius 2 is 2.05 bits per heavy atom. The Balaban J connectivity index is 1.62. The molecule has 3 nitrogen and oxygen atoms in total. The van der Waals surface area contributed by atoms with Gasteiger partial charge < -0.3 is 9.88 Å². The van der Waals surface area contributed by atoms with E-state index < -0.39 is 0 Å². The van der Waals surface area contributed by atoms with E-state index in [1.807, 2.05) is 6.20 Å². The molecule has 0 spiro atoms. The third-order valence-corrected chi connectivity index (χ3v) is 4.59. The summed E-state index contributed by atoms with van der Waals surface area (Å²) in [5.74, 6) is 1.09.